The summed E-state index contributed by atoms with van der Waals surface area (Å²) in [7, 11) is 0. The maximum absolute atomic E-state index is 5.83. The monoisotopic (exact) mass is 270 g/mol. The molecule has 0 radical (unpaired) electrons. The Labute approximate surface area is 113 Å². The van der Waals surface area contributed by atoms with Crippen molar-refractivity contribution in [2.75, 3.05) is 39.5 Å². The summed E-state index contributed by atoms with van der Waals surface area (Å²) in [6.07, 6.45) is 0. The lowest BCUT2D eigenvalue weighted by Crippen LogP contribution is -2.49. The van der Waals surface area contributed by atoms with Gasteiger partial charge in [-0.15, -0.1) is 0 Å². The Hall–Kier alpha value is -0.810. The summed E-state index contributed by atoms with van der Waals surface area (Å²) >= 11 is 5.83. The molecule has 18 heavy (non-hydrogen) atoms. The summed E-state index contributed by atoms with van der Waals surface area (Å²) in [5, 5.41) is 0.714. The Balaban J connectivity index is 1.84. The van der Waals surface area contributed by atoms with Crippen molar-refractivity contribution in [3.8, 4) is 5.75 Å². The minimum atomic E-state index is 0.240. The van der Waals surface area contributed by atoms with Crippen LogP contribution in [0.3, 0.4) is 0 Å². The van der Waals surface area contributed by atoms with E-state index >= 15 is 0 Å². The highest BCUT2D eigenvalue weighted by Crippen LogP contribution is 2.16. The highest BCUT2D eigenvalue weighted by molar-refractivity contribution is 6.30. The predicted octanol–water partition coefficient (Wildman–Crippen LogP) is 1.38. The van der Waals surface area contributed by atoms with Gasteiger partial charge in [0.2, 0.25) is 0 Å². The standard InChI is InChI=1S/C13H19ClN2O2/c14-11-1-3-13(4-2-11)18-10-12(9-15)16-5-7-17-8-6-16/h1-4,12H,5-10,15H2. The summed E-state index contributed by atoms with van der Waals surface area (Å²) in [6.45, 7) is 4.58. The SMILES string of the molecule is NCC(COc1ccc(Cl)cc1)N1CCOCC1. The summed E-state index contributed by atoms with van der Waals surface area (Å²) in [6, 6.07) is 7.63. The Kier molecular flexibility index (Phi) is 5.26. The molecule has 1 aromatic carbocycles. The summed E-state index contributed by atoms with van der Waals surface area (Å²) in [5.74, 6) is 0.825. The number of ether oxygens (including phenoxy) is 2. The molecular weight excluding hydrogens is 252 g/mol. The van der Waals surface area contributed by atoms with Gasteiger partial charge in [0.05, 0.1) is 19.3 Å². The van der Waals surface area contributed by atoms with E-state index in [0.717, 1.165) is 32.1 Å². The third-order valence-electron chi connectivity index (χ3n) is 3.09. The van der Waals surface area contributed by atoms with E-state index in [1.54, 1.807) is 0 Å². The van der Waals surface area contributed by atoms with Crippen LogP contribution < -0.4 is 10.5 Å². The first kappa shape index (κ1) is 13.6. The highest BCUT2D eigenvalue weighted by Gasteiger charge is 2.20. The number of nitrogens with two attached hydrogens (primary N) is 1. The van der Waals surface area contributed by atoms with Crippen LogP contribution in [0.2, 0.25) is 5.02 Å². The molecule has 1 aliphatic heterocycles. The van der Waals surface area contributed by atoms with Gasteiger partial charge in [-0.25, -0.2) is 0 Å². The molecule has 1 fully saturated rings. The quantitative estimate of drug-likeness (QED) is 0.878. The second-order valence-corrected chi connectivity index (χ2v) is 4.74. The molecule has 0 aliphatic carbocycles. The fourth-order valence-electron chi connectivity index (χ4n) is 1.99. The van der Waals surface area contributed by atoms with E-state index in [1.807, 2.05) is 24.3 Å². The van der Waals surface area contributed by atoms with E-state index in [1.165, 1.54) is 0 Å². The molecule has 2 rings (SSSR count). The fourth-order valence-corrected chi connectivity index (χ4v) is 2.11. The minimum absolute atomic E-state index is 0.240. The summed E-state index contributed by atoms with van der Waals surface area (Å²) < 4.78 is 11.1. The Morgan fingerprint density at radius 3 is 2.56 bits per heavy atom. The molecule has 0 aromatic heterocycles. The van der Waals surface area contributed by atoms with Crippen LogP contribution in [0, 0.1) is 0 Å². The van der Waals surface area contributed by atoms with Gasteiger partial charge in [0.1, 0.15) is 12.4 Å². The molecule has 0 saturated carbocycles. The van der Waals surface area contributed by atoms with Crippen LogP contribution >= 0.6 is 11.6 Å². The van der Waals surface area contributed by atoms with Crippen molar-refractivity contribution in [2.24, 2.45) is 5.73 Å². The van der Waals surface area contributed by atoms with Crippen molar-refractivity contribution in [1.29, 1.82) is 0 Å². The zero-order valence-electron chi connectivity index (χ0n) is 10.3. The first-order chi connectivity index (χ1) is 8.79. The van der Waals surface area contributed by atoms with Gasteiger partial charge >= 0.3 is 0 Å². The molecule has 1 saturated heterocycles. The van der Waals surface area contributed by atoms with Crippen molar-refractivity contribution < 1.29 is 9.47 Å². The van der Waals surface area contributed by atoms with Crippen LogP contribution in [0.25, 0.3) is 0 Å². The summed E-state index contributed by atoms with van der Waals surface area (Å²) in [5.41, 5.74) is 5.81. The maximum atomic E-state index is 5.83. The van der Waals surface area contributed by atoms with Crippen LogP contribution in [-0.2, 0) is 4.74 Å². The van der Waals surface area contributed by atoms with Crippen LogP contribution in [0.5, 0.6) is 5.75 Å². The zero-order chi connectivity index (χ0) is 12.8. The lowest BCUT2D eigenvalue weighted by molar-refractivity contribution is 0.00824. The van der Waals surface area contributed by atoms with Crippen LogP contribution in [0.15, 0.2) is 24.3 Å². The second-order valence-electron chi connectivity index (χ2n) is 4.30. The molecule has 1 atom stereocenters. The molecular formula is C13H19ClN2O2. The maximum Gasteiger partial charge on any atom is 0.119 e. The van der Waals surface area contributed by atoms with E-state index in [4.69, 9.17) is 26.8 Å². The zero-order valence-corrected chi connectivity index (χ0v) is 11.1. The molecule has 2 N–H and O–H groups in total. The van der Waals surface area contributed by atoms with Gasteiger partial charge in [-0.3, -0.25) is 4.90 Å². The van der Waals surface area contributed by atoms with Crippen molar-refractivity contribution in [3.63, 3.8) is 0 Å². The van der Waals surface area contributed by atoms with E-state index in [0.29, 0.717) is 18.2 Å². The van der Waals surface area contributed by atoms with Crippen molar-refractivity contribution in [1.82, 2.24) is 4.90 Å². The average molecular weight is 271 g/mol. The van der Waals surface area contributed by atoms with Gasteiger partial charge in [-0.05, 0) is 24.3 Å². The van der Waals surface area contributed by atoms with E-state index < -0.39 is 0 Å². The van der Waals surface area contributed by atoms with Crippen molar-refractivity contribution in [2.45, 2.75) is 6.04 Å². The van der Waals surface area contributed by atoms with Gasteiger partial charge in [0.25, 0.3) is 0 Å². The second kappa shape index (κ2) is 6.95. The Bertz CT molecular complexity index is 353. The molecule has 4 nitrogen and oxygen atoms in total. The van der Waals surface area contributed by atoms with E-state index in [-0.39, 0.29) is 6.04 Å². The smallest absolute Gasteiger partial charge is 0.119 e. The normalized spacial score (nSPS) is 18.6. The Morgan fingerprint density at radius 1 is 1.28 bits per heavy atom. The number of nitrogens with zero attached hydrogens (tertiary/aromatic N) is 1. The third kappa shape index (κ3) is 3.85. The Morgan fingerprint density at radius 2 is 1.94 bits per heavy atom. The molecule has 1 aliphatic rings. The molecule has 1 aromatic rings. The number of benzene rings is 1. The van der Waals surface area contributed by atoms with E-state index in [9.17, 15) is 0 Å². The van der Waals surface area contributed by atoms with Crippen LogP contribution in [0.1, 0.15) is 0 Å². The molecule has 0 bridgehead atoms. The number of rotatable bonds is 5. The lowest BCUT2D eigenvalue weighted by Gasteiger charge is -2.33. The predicted molar refractivity (Wildman–Crippen MR) is 72.2 cm³/mol. The molecule has 1 unspecified atom stereocenters. The van der Waals surface area contributed by atoms with Gasteiger partial charge in [0.15, 0.2) is 0 Å². The lowest BCUT2D eigenvalue weighted by atomic mass is 10.2. The number of halogens is 1. The van der Waals surface area contributed by atoms with Gasteiger partial charge in [-0.1, -0.05) is 11.6 Å². The van der Waals surface area contributed by atoms with Crippen LogP contribution in [0.4, 0.5) is 0 Å². The van der Waals surface area contributed by atoms with Gasteiger partial charge in [-0.2, -0.15) is 0 Å². The summed E-state index contributed by atoms with van der Waals surface area (Å²) in [4.78, 5) is 2.32. The first-order valence-electron chi connectivity index (χ1n) is 6.20. The van der Waals surface area contributed by atoms with Gasteiger partial charge < -0.3 is 15.2 Å². The fraction of sp³-hybridized carbons (Fsp3) is 0.538. The molecule has 5 heteroatoms. The molecule has 100 valence electrons. The highest BCUT2D eigenvalue weighted by atomic mass is 35.5. The molecule has 1 heterocycles. The first-order valence-corrected chi connectivity index (χ1v) is 6.57. The average Bonchev–Trinajstić information content (AvgIpc) is 2.43. The largest absolute Gasteiger partial charge is 0.492 e. The minimum Gasteiger partial charge on any atom is -0.492 e. The molecule has 0 amide bonds. The van der Waals surface area contributed by atoms with Crippen molar-refractivity contribution in [3.05, 3.63) is 29.3 Å². The molecule has 0 spiro atoms. The number of morpholine rings is 1. The third-order valence-corrected chi connectivity index (χ3v) is 3.34. The van der Waals surface area contributed by atoms with Crippen molar-refractivity contribution >= 4 is 11.6 Å². The number of hydrogen-bond acceptors (Lipinski definition) is 4. The van der Waals surface area contributed by atoms with Gasteiger partial charge in [0, 0.05) is 24.7 Å². The van der Waals surface area contributed by atoms with Crippen LogP contribution in [-0.4, -0.2) is 50.4 Å². The topological polar surface area (TPSA) is 47.7 Å². The number of hydrogen-bond donors (Lipinski definition) is 1. The van der Waals surface area contributed by atoms with E-state index in [2.05, 4.69) is 4.90 Å².